The smallest absolute Gasteiger partial charge is 0.315 e. The van der Waals surface area contributed by atoms with E-state index in [0.29, 0.717) is 11.8 Å². The van der Waals surface area contributed by atoms with Crippen molar-refractivity contribution in [1.29, 1.82) is 0 Å². The maximum absolute atomic E-state index is 11.4. The first-order valence-electron chi connectivity index (χ1n) is 6.26. The van der Waals surface area contributed by atoms with Crippen LogP contribution < -0.4 is 10.6 Å². The van der Waals surface area contributed by atoms with Gasteiger partial charge >= 0.3 is 6.03 Å². The molecule has 1 aliphatic heterocycles. The Labute approximate surface area is 103 Å². The van der Waals surface area contributed by atoms with Gasteiger partial charge in [0.25, 0.3) is 0 Å². The van der Waals surface area contributed by atoms with E-state index in [4.69, 9.17) is 0 Å². The van der Waals surface area contributed by atoms with E-state index in [2.05, 4.69) is 48.7 Å². The molecule has 2 N–H and O–H groups in total. The highest BCUT2D eigenvalue weighted by molar-refractivity contribution is 5.75. The molecule has 0 aromatic heterocycles. The van der Waals surface area contributed by atoms with Gasteiger partial charge in [-0.3, -0.25) is 0 Å². The number of nitrogens with one attached hydrogen (secondary N) is 2. The van der Waals surface area contributed by atoms with E-state index in [0.717, 1.165) is 13.0 Å². The van der Waals surface area contributed by atoms with Crippen molar-refractivity contribution in [2.75, 3.05) is 6.54 Å². The molecule has 2 atom stereocenters. The Balaban J connectivity index is 2.15. The molecular weight excluding hydrogens is 212 g/mol. The predicted octanol–water partition coefficient (Wildman–Crippen LogP) is 2.50. The van der Waals surface area contributed by atoms with Gasteiger partial charge in [-0.2, -0.15) is 0 Å². The van der Waals surface area contributed by atoms with Gasteiger partial charge in [-0.15, -0.1) is 0 Å². The third-order valence-electron chi connectivity index (χ3n) is 3.24. The molecule has 1 aromatic rings. The van der Waals surface area contributed by atoms with Crippen LogP contribution in [0.5, 0.6) is 0 Å². The Hall–Kier alpha value is -1.51. The van der Waals surface area contributed by atoms with E-state index in [1.54, 1.807) is 0 Å². The van der Waals surface area contributed by atoms with Gasteiger partial charge < -0.3 is 10.6 Å². The summed E-state index contributed by atoms with van der Waals surface area (Å²) in [6.45, 7) is 5.11. The zero-order chi connectivity index (χ0) is 12.3. The quantitative estimate of drug-likeness (QED) is 0.826. The van der Waals surface area contributed by atoms with Gasteiger partial charge in [0.1, 0.15) is 0 Å². The summed E-state index contributed by atoms with van der Waals surface area (Å²) < 4.78 is 0. The van der Waals surface area contributed by atoms with Crippen molar-refractivity contribution in [2.45, 2.75) is 32.2 Å². The second-order valence-corrected chi connectivity index (χ2v) is 5.11. The van der Waals surface area contributed by atoms with Crippen LogP contribution in [0.3, 0.4) is 0 Å². The van der Waals surface area contributed by atoms with Crippen LogP contribution in [0.4, 0.5) is 4.79 Å². The number of amides is 2. The van der Waals surface area contributed by atoms with Crippen LogP contribution >= 0.6 is 0 Å². The highest BCUT2D eigenvalue weighted by Crippen LogP contribution is 2.25. The van der Waals surface area contributed by atoms with Crippen LogP contribution in [0.25, 0.3) is 0 Å². The lowest BCUT2D eigenvalue weighted by Gasteiger charge is -2.34. The lowest BCUT2D eigenvalue weighted by Crippen LogP contribution is -2.54. The van der Waals surface area contributed by atoms with Gasteiger partial charge in [0.2, 0.25) is 0 Å². The Kier molecular flexibility index (Phi) is 3.67. The topological polar surface area (TPSA) is 41.1 Å². The molecule has 0 unspecified atom stereocenters. The lowest BCUT2D eigenvalue weighted by atomic mass is 9.85. The Morgan fingerprint density at radius 1 is 1.29 bits per heavy atom. The van der Waals surface area contributed by atoms with E-state index in [-0.39, 0.29) is 12.1 Å². The summed E-state index contributed by atoms with van der Waals surface area (Å²) in [4.78, 5) is 11.4. The average Bonchev–Trinajstić information content (AvgIpc) is 2.29. The number of urea groups is 1. The first-order chi connectivity index (χ1) is 8.16. The molecule has 1 fully saturated rings. The molecule has 92 valence electrons. The summed E-state index contributed by atoms with van der Waals surface area (Å²) in [7, 11) is 0. The van der Waals surface area contributed by atoms with Crippen molar-refractivity contribution in [3.8, 4) is 0 Å². The molecule has 2 amide bonds. The second-order valence-electron chi connectivity index (χ2n) is 5.11. The van der Waals surface area contributed by atoms with Crippen LogP contribution in [0.2, 0.25) is 0 Å². The molecule has 0 radical (unpaired) electrons. The number of hydrogen-bond acceptors (Lipinski definition) is 1. The normalized spacial score (nSPS) is 24.3. The van der Waals surface area contributed by atoms with Crippen molar-refractivity contribution in [3.05, 3.63) is 35.9 Å². The van der Waals surface area contributed by atoms with Crippen LogP contribution in [-0.4, -0.2) is 18.6 Å². The maximum Gasteiger partial charge on any atom is 0.315 e. The minimum Gasteiger partial charge on any atom is -0.337 e. The zero-order valence-corrected chi connectivity index (χ0v) is 10.4. The van der Waals surface area contributed by atoms with E-state index in [1.807, 2.05) is 6.07 Å². The summed E-state index contributed by atoms with van der Waals surface area (Å²) in [5.74, 6) is 0.959. The first kappa shape index (κ1) is 12.0. The monoisotopic (exact) mass is 232 g/mol. The molecule has 1 aromatic carbocycles. The van der Waals surface area contributed by atoms with Gasteiger partial charge in [0.15, 0.2) is 0 Å². The van der Waals surface area contributed by atoms with Crippen LogP contribution in [-0.2, 0) is 0 Å². The van der Waals surface area contributed by atoms with Crippen molar-refractivity contribution >= 4 is 6.03 Å². The number of carbonyl (C=O) groups is 1. The number of hydrogen-bond donors (Lipinski definition) is 2. The van der Waals surface area contributed by atoms with Crippen LogP contribution in [0.15, 0.2) is 30.3 Å². The van der Waals surface area contributed by atoms with Gasteiger partial charge in [-0.25, -0.2) is 4.79 Å². The molecular formula is C14H20N2O. The highest BCUT2D eigenvalue weighted by Gasteiger charge is 2.29. The van der Waals surface area contributed by atoms with E-state index >= 15 is 0 Å². The SMILES string of the molecule is CC(C)C[C@@H]1NC(=O)NC[C@H]1c1ccccc1. The summed E-state index contributed by atoms with van der Waals surface area (Å²) >= 11 is 0. The molecule has 1 aliphatic rings. The summed E-state index contributed by atoms with van der Waals surface area (Å²) in [6.07, 6.45) is 1.02. The molecule has 1 heterocycles. The number of benzene rings is 1. The third-order valence-corrected chi connectivity index (χ3v) is 3.24. The summed E-state index contributed by atoms with van der Waals surface area (Å²) in [6, 6.07) is 10.6. The molecule has 17 heavy (non-hydrogen) atoms. The fourth-order valence-electron chi connectivity index (χ4n) is 2.45. The minimum absolute atomic E-state index is 0.0390. The highest BCUT2D eigenvalue weighted by atomic mass is 16.2. The molecule has 3 nitrogen and oxygen atoms in total. The van der Waals surface area contributed by atoms with Gasteiger partial charge in [0, 0.05) is 18.5 Å². The summed E-state index contributed by atoms with van der Waals surface area (Å²) in [5, 5.41) is 5.93. The molecule has 3 heteroatoms. The Bertz CT molecular complexity index is 375. The number of carbonyl (C=O) groups excluding carboxylic acids is 1. The molecule has 1 saturated heterocycles. The molecule has 0 bridgehead atoms. The minimum atomic E-state index is -0.0390. The molecule has 2 rings (SSSR count). The largest absolute Gasteiger partial charge is 0.337 e. The van der Waals surface area contributed by atoms with Crippen molar-refractivity contribution < 1.29 is 4.79 Å². The summed E-state index contributed by atoms with van der Waals surface area (Å²) in [5.41, 5.74) is 1.30. The van der Waals surface area contributed by atoms with Crippen molar-refractivity contribution in [2.24, 2.45) is 5.92 Å². The molecule has 0 spiro atoms. The van der Waals surface area contributed by atoms with E-state index in [1.165, 1.54) is 5.56 Å². The Morgan fingerprint density at radius 2 is 2.00 bits per heavy atom. The zero-order valence-electron chi connectivity index (χ0n) is 10.4. The fraction of sp³-hybridized carbons (Fsp3) is 0.500. The van der Waals surface area contributed by atoms with Gasteiger partial charge in [-0.05, 0) is 17.9 Å². The molecule has 0 saturated carbocycles. The lowest BCUT2D eigenvalue weighted by molar-refractivity contribution is 0.219. The van der Waals surface area contributed by atoms with Crippen LogP contribution in [0, 0.1) is 5.92 Å². The first-order valence-corrected chi connectivity index (χ1v) is 6.26. The predicted molar refractivity (Wildman–Crippen MR) is 69.0 cm³/mol. The molecule has 0 aliphatic carbocycles. The Morgan fingerprint density at radius 3 is 2.65 bits per heavy atom. The van der Waals surface area contributed by atoms with Gasteiger partial charge in [-0.1, -0.05) is 44.2 Å². The number of rotatable bonds is 3. The average molecular weight is 232 g/mol. The van der Waals surface area contributed by atoms with Crippen LogP contribution in [0.1, 0.15) is 31.7 Å². The third kappa shape index (κ3) is 2.99. The standard InChI is InChI=1S/C14H20N2O/c1-10(2)8-13-12(9-15-14(17)16-13)11-6-4-3-5-7-11/h3-7,10,12-13H,8-9H2,1-2H3,(H2,15,16,17)/t12-,13-/m0/s1. The van der Waals surface area contributed by atoms with Crippen molar-refractivity contribution in [1.82, 2.24) is 10.6 Å². The second kappa shape index (κ2) is 5.21. The fourth-order valence-corrected chi connectivity index (χ4v) is 2.45. The van der Waals surface area contributed by atoms with E-state index in [9.17, 15) is 4.79 Å². The van der Waals surface area contributed by atoms with Gasteiger partial charge in [0.05, 0.1) is 0 Å². The van der Waals surface area contributed by atoms with Crippen molar-refractivity contribution in [3.63, 3.8) is 0 Å². The maximum atomic E-state index is 11.4. The van der Waals surface area contributed by atoms with E-state index < -0.39 is 0 Å².